The quantitative estimate of drug-likeness (QED) is 0.754. The molecule has 142 valence electrons. The highest BCUT2D eigenvalue weighted by molar-refractivity contribution is 6.02. The highest BCUT2D eigenvalue weighted by atomic mass is 19.1. The second kappa shape index (κ2) is 6.49. The van der Waals surface area contributed by atoms with Gasteiger partial charge in [0.1, 0.15) is 11.5 Å². The Labute approximate surface area is 159 Å². The molecule has 8 heteroatoms. The van der Waals surface area contributed by atoms with Gasteiger partial charge in [-0.2, -0.15) is 9.78 Å². The van der Waals surface area contributed by atoms with Crippen LogP contribution in [0.3, 0.4) is 0 Å². The van der Waals surface area contributed by atoms with Crippen LogP contribution in [-0.4, -0.2) is 21.5 Å². The number of aromatic nitrogens is 2. The summed E-state index contributed by atoms with van der Waals surface area (Å²) in [6.07, 6.45) is 0. The highest BCUT2D eigenvalue weighted by Gasteiger charge is 2.31. The molecule has 0 saturated heterocycles. The van der Waals surface area contributed by atoms with E-state index in [-0.39, 0.29) is 5.69 Å². The van der Waals surface area contributed by atoms with Gasteiger partial charge < -0.3 is 14.8 Å². The van der Waals surface area contributed by atoms with Crippen LogP contribution < -0.4 is 20.3 Å². The molecule has 4 rings (SSSR count). The number of nitrogens with one attached hydrogen (secondary N) is 1. The van der Waals surface area contributed by atoms with E-state index in [9.17, 15) is 14.0 Å². The van der Waals surface area contributed by atoms with Gasteiger partial charge in [-0.15, -0.1) is 0 Å². The molecule has 3 aromatic rings. The summed E-state index contributed by atoms with van der Waals surface area (Å²) in [5, 5.41) is 6.79. The van der Waals surface area contributed by atoms with Crippen LogP contribution in [0.15, 0.2) is 59.4 Å². The minimum Gasteiger partial charge on any atom is -0.449 e. The van der Waals surface area contributed by atoms with Crippen LogP contribution in [-0.2, 0) is 0 Å². The van der Waals surface area contributed by atoms with Crippen LogP contribution in [0.5, 0.6) is 11.5 Å². The van der Waals surface area contributed by atoms with Crippen molar-refractivity contribution in [2.75, 3.05) is 5.32 Å². The molecule has 2 aromatic carbocycles. The average Bonchev–Trinajstić information content (AvgIpc) is 2.96. The molecule has 1 aliphatic rings. The fourth-order valence-electron chi connectivity index (χ4n) is 2.80. The lowest BCUT2D eigenvalue weighted by atomic mass is 10.2. The molecule has 7 nitrogen and oxygen atoms in total. The Morgan fingerprint density at radius 2 is 1.75 bits per heavy atom. The molecule has 1 amide bonds. The summed E-state index contributed by atoms with van der Waals surface area (Å²) < 4.78 is 25.4. The fourth-order valence-corrected chi connectivity index (χ4v) is 2.80. The van der Waals surface area contributed by atoms with Gasteiger partial charge in [-0.1, -0.05) is 0 Å². The van der Waals surface area contributed by atoms with Crippen LogP contribution in [0.1, 0.15) is 24.3 Å². The first kappa shape index (κ1) is 17.7. The van der Waals surface area contributed by atoms with Gasteiger partial charge in [0, 0.05) is 31.7 Å². The van der Waals surface area contributed by atoms with Crippen molar-refractivity contribution in [3.63, 3.8) is 0 Å². The van der Waals surface area contributed by atoms with E-state index in [1.165, 1.54) is 36.4 Å². The van der Waals surface area contributed by atoms with Crippen molar-refractivity contribution < 1.29 is 18.7 Å². The topological polar surface area (TPSA) is 82.5 Å². The summed E-state index contributed by atoms with van der Waals surface area (Å²) in [7, 11) is 0. The van der Waals surface area contributed by atoms with Gasteiger partial charge >= 0.3 is 0 Å². The highest BCUT2D eigenvalue weighted by Crippen LogP contribution is 2.40. The zero-order valence-electron chi connectivity index (χ0n) is 15.1. The van der Waals surface area contributed by atoms with Crippen LogP contribution in [0.2, 0.25) is 0 Å². The normalized spacial score (nSPS) is 14.0. The van der Waals surface area contributed by atoms with Crippen LogP contribution in [0.4, 0.5) is 10.1 Å². The van der Waals surface area contributed by atoms with Gasteiger partial charge in [0.15, 0.2) is 11.5 Å². The molecule has 1 aromatic heterocycles. The Hall–Kier alpha value is -3.68. The van der Waals surface area contributed by atoms with Gasteiger partial charge in [-0.05, 0) is 42.5 Å². The molecule has 28 heavy (non-hydrogen) atoms. The van der Waals surface area contributed by atoms with Gasteiger partial charge in [0.05, 0.1) is 5.69 Å². The molecule has 0 unspecified atom stereocenters. The summed E-state index contributed by atoms with van der Waals surface area (Å²) >= 11 is 0. The number of carbonyl (C=O) groups is 1. The molecule has 0 spiro atoms. The van der Waals surface area contributed by atoms with Crippen LogP contribution >= 0.6 is 0 Å². The average molecular weight is 381 g/mol. The fraction of sp³-hybridized carbons (Fsp3) is 0.150. The van der Waals surface area contributed by atoms with Gasteiger partial charge in [-0.25, -0.2) is 4.39 Å². The number of hydrogen-bond acceptors (Lipinski definition) is 5. The maximum Gasteiger partial charge on any atom is 0.276 e. The van der Waals surface area contributed by atoms with E-state index < -0.39 is 23.1 Å². The monoisotopic (exact) mass is 381 g/mol. The van der Waals surface area contributed by atoms with Crippen molar-refractivity contribution in [2.45, 2.75) is 19.6 Å². The number of benzene rings is 2. The summed E-state index contributed by atoms with van der Waals surface area (Å²) in [6, 6.07) is 12.8. The first-order valence-electron chi connectivity index (χ1n) is 8.50. The van der Waals surface area contributed by atoms with Crippen LogP contribution in [0, 0.1) is 5.82 Å². The third-order valence-electron chi connectivity index (χ3n) is 4.02. The van der Waals surface area contributed by atoms with Gasteiger partial charge in [-0.3, -0.25) is 9.59 Å². The first-order valence-corrected chi connectivity index (χ1v) is 8.50. The Morgan fingerprint density at radius 3 is 2.50 bits per heavy atom. The van der Waals surface area contributed by atoms with Crippen molar-refractivity contribution in [1.82, 2.24) is 9.78 Å². The summed E-state index contributed by atoms with van der Waals surface area (Å²) in [5.74, 6) is -0.597. The third kappa shape index (κ3) is 3.44. The molecular weight excluding hydrogens is 365 g/mol. The number of ether oxygens (including phenoxy) is 2. The standard InChI is InChI=1S/C20H16FN3O4/c1-20(2)27-16-9-5-13(11-17(16)28-20)22-19(26)15-8-10-18(25)24(23-15)14-6-3-12(21)4-7-14/h3-11H,1-2H3,(H,22,26). The van der Waals surface area contributed by atoms with E-state index in [0.717, 1.165) is 4.68 Å². The summed E-state index contributed by atoms with van der Waals surface area (Å²) in [5.41, 5.74) is 0.438. The zero-order chi connectivity index (χ0) is 19.9. The van der Waals surface area contributed by atoms with Crippen molar-refractivity contribution in [1.29, 1.82) is 0 Å². The molecule has 1 aliphatic heterocycles. The molecule has 0 atom stereocenters. The lowest BCUT2D eigenvalue weighted by Crippen LogP contribution is -2.29. The number of anilines is 1. The molecular formula is C20H16FN3O4. The molecule has 2 heterocycles. The van der Waals surface area contributed by atoms with Crippen LogP contribution in [0.25, 0.3) is 5.69 Å². The smallest absolute Gasteiger partial charge is 0.276 e. The van der Waals surface area contributed by atoms with Crippen molar-refractivity contribution in [2.24, 2.45) is 0 Å². The second-order valence-corrected chi connectivity index (χ2v) is 6.66. The predicted octanol–water partition coefficient (Wildman–Crippen LogP) is 3.13. The second-order valence-electron chi connectivity index (χ2n) is 6.66. The molecule has 0 bridgehead atoms. The molecule has 0 radical (unpaired) electrons. The number of hydrogen-bond donors (Lipinski definition) is 1. The van der Waals surface area contributed by atoms with Crippen molar-refractivity contribution in [3.8, 4) is 17.2 Å². The van der Waals surface area contributed by atoms with E-state index in [1.807, 2.05) is 0 Å². The van der Waals surface area contributed by atoms with E-state index >= 15 is 0 Å². The van der Waals surface area contributed by atoms with E-state index in [4.69, 9.17) is 9.47 Å². The summed E-state index contributed by atoms with van der Waals surface area (Å²) in [6.45, 7) is 3.57. The summed E-state index contributed by atoms with van der Waals surface area (Å²) in [4.78, 5) is 24.6. The maximum absolute atomic E-state index is 13.1. The molecule has 1 N–H and O–H groups in total. The maximum atomic E-state index is 13.1. The Morgan fingerprint density at radius 1 is 1.04 bits per heavy atom. The first-order chi connectivity index (χ1) is 13.3. The largest absolute Gasteiger partial charge is 0.449 e. The predicted molar refractivity (Wildman–Crippen MR) is 99.5 cm³/mol. The minimum absolute atomic E-state index is 0.0296. The Kier molecular flexibility index (Phi) is 4.11. The number of nitrogens with zero attached hydrogens (tertiary/aromatic N) is 2. The minimum atomic E-state index is -0.767. The number of halogens is 1. The zero-order valence-corrected chi connectivity index (χ0v) is 15.1. The van der Waals surface area contributed by atoms with E-state index in [0.29, 0.717) is 22.9 Å². The van der Waals surface area contributed by atoms with Gasteiger partial charge in [0.25, 0.3) is 11.5 Å². The third-order valence-corrected chi connectivity index (χ3v) is 4.02. The lowest BCUT2D eigenvalue weighted by Gasteiger charge is -2.16. The SMILES string of the molecule is CC1(C)Oc2ccc(NC(=O)c3ccc(=O)n(-c4ccc(F)cc4)n3)cc2O1. The van der Waals surface area contributed by atoms with Crippen molar-refractivity contribution in [3.05, 3.63) is 76.5 Å². The number of carbonyl (C=O) groups excluding carboxylic acids is 1. The molecule has 0 aliphatic carbocycles. The lowest BCUT2D eigenvalue weighted by molar-refractivity contribution is -0.0431. The molecule has 0 saturated carbocycles. The Balaban J connectivity index is 1.59. The number of fused-ring (bicyclic) bond motifs is 1. The Bertz CT molecular complexity index is 1120. The van der Waals surface area contributed by atoms with E-state index in [1.54, 1.807) is 32.0 Å². The number of rotatable bonds is 3. The van der Waals surface area contributed by atoms with Crippen molar-refractivity contribution >= 4 is 11.6 Å². The van der Waals surface area contributed by atoms with E-state index in [2.05, 4.69) is 10.4 Å². The molecule has 0 fully saturated rings. The van der Waals surface area contributed by atoms with Gasteiger partial charge in [0.2, 0.25) is 5.79 Å². The number of amides is 1.